The number of rotatable bonds is 5. The molecule has 0 unspecified atom stereocenters. The summed E-state index contributed by atoms with van der Waals surface area (Å²) in [7, 11) is 1.58. The molecule has 0 aromatic heterocycles. The van der Waals surface area contributed by atoms with E-state index in [4.69, 9.17) is 4.74 Å². The number of carbonyl (C=O) groups is 1. The van der Waals surface area contributed by atoms with Crippen molar-refractivity contribution in [3.8, 4) is 11.5 Å². The molecule has 2 rings (SSSR count). The van der Waals surface area contributed by atoms with Gasteiger partial charge in [0.2, 0.25) is 5.91 Å². The number of hydrazone groups is 1. The number of nitrogens with zero attached hydrogens (tertiary/aromatic N) is 1. The first-order valence-electron chi connectivity index (χ1n) is 6.62. The summed E-state index contributed by atoms with van der Waals surface area (Å²) < 4.78 is 6.64. The van der Waals surface area contributed by atoms with Gasteiger partial charge >= 0.3 is 0 Å². The molecule has 0 saturated heterocycles. The molecule has 0 aliphatic carbocycles. The minimum absolute atomic E-state index is 0.125. The monoisotopic (exact) mass is 488 g/mol. The molecule has 0 spiro atoms. The zero-order valence-electron chi connectivity index (χ0n) is 12.2. The number of benzene rings is 2. The first-order valence-corrected chi connectivity index (χ1v) is 8.49. The molecule has 0 bridgehead atoms. The van der Waals surface area contributed by atoms with Crippen molar-refractivity contribution in [3.05, 3.63) is 55.6 Å². The molecule has 2 aromatic carbocycles. The molecule has 0 atom stereocenters. The van der Waals surface area contributed by atoms with Crippen LogP contribution < -0.4 is 10.2 Å². The Morgan fingerprint density at radius 2 is 2.22 bits per heavy atom. The summed E-state index contributed by atoms with van der Waals surface area (Å²) in [5.41, 5.74) is 3.79. The normalized spacial score (nSPS) is 10.7. The molecule has 0 radical (unpaired) electrons. The standard InChI is InChI=1S/C16H14BrIN2O3/c1-23-13-4-2-3-10(5-13)6-15(21)20-19-9-11-7-12(17)8-14(18)16(11)22/h2-5,7-9,22H,6H2,1H3,(H,20,21)/b19-9+. The van der Waals surface area contributed by atoms with E-state index in [1.54, 1.807) is 25.3 Å². The smallest absolute Gasteiger partial charge is 0.244 e. The van der Waals surface area contributed by atoms with Crippen LogP contribution in [0.3, 0.4) is 0 Å². The summed E-state index contributed by atoms with van der Waals surface area (Å²) in [6.45, 7) is 0. The number of aromatic hydroxyl groups is 1. The van der Waals surface area contributed by atoms with Crippen molar-refractivity contribution >= 4 is 50.6 Å². The highest BCUT2D eigenvalue weighted by Crippen LogP contribution is 2.27. The van der Waals surface area contributed by atoms with Gasteiger partial charge in [-0.15, -0.1) is 0 Å². The highest BCUT2D eigenvalue weighted by atomic mass is 127. The Labute approximate surface area is 156 Å². The third-order valence-corrected chi connectivity index (χ3v) is 4.23. The van der Waals surface area contributed by atoms with Gasteiger partial charge in [-0.25, -0.2) is 5.43 Å². The lowest BCUT2D eigenvalue weighted by Crippen LogP contribution is -2.19. The molecule has 5 nitrogen and oxygen atoms in total. The Morgan fingerprint density at radius 1 is 1.43 bits per heavy atom. The number of ether oxygens (including phenoxy) is 1. The number of nitrogens with one attached hydrogen (secondary N) is 1. The van der Waals surface area contributed by atoms with Crippen molar-refractivity contribution in [3.63, 3.8) is 0 Å². The molecular formula is C16H14BrIN2O3. The molecule has 23 heavy (non-hydrogen) atoms. The second kappa shape index (κ2) is 8.30. The van der Waals surface area contributed by atoms with E-state index in [1.807, 2.05) is 40.8 Å². The summed E-state index contributed by atoms with van der Waals surface area (Å²) in [5, 5.41) is 13.8. The maximum absolute atomic E-state index is 11.9. The van der Waals surface area contributed by atoms with E-state index in [1.165, 1.54) is 6.21 Å². The second-order valence-corrected chi connectivity index (χ2v) is 6.72. The molecule has 120 valence electrons. The maximum Gasteiger partial charge on any atom is 0.244 e. The Morgan fingerprint density at radius 3 is 2.96 bits per heavy atom. The number of amides is 1. The first kappa shape index (κ1) is 17.7. The van der Waals surface area contributed by atoms with Crippen LogP contribution in [0.25, 0.3) is 0 Å². The van der Waals surface area contributed by atoms with Gasteiger partial charge < -0.3 is 9.84 Å². The van der Waals surface area contributed by atoms with E-state index in [2.05, 4.69) is 26.5 Å². The highest BCUT2D eigenvalue weighted by molar-refractivity contribution is 14.1. The number of hydrogen-bond donors (Lipinski definition) is 2. The zero-order chi connectivity index (χ0) is 16.8. The van der Waals surface area contributed by atoms with Crippen molar-refractivity contribution in [1.29, 1.82) is 0 Å². The Bertz CT molecular complexity index is 750. The van der Waals surface area contributed by atoms with Gasteiger partial charge in [-0.05, 0) is 52.4 Å². The van der Waals surface area contributed by atoms with Gasteiger partial charge in [-0.2, -0.15) is 5.10 Å². The number of methoxy groups -OCH3 is 1. The lowest BCUT2D eigenvalue weighted by molar-refractivity contribution is -0.120. The average molecular weight is 489 g/mol. The largest absolute Gasteiger partial charge is 0.506 e. The molecule has 2 aromatic rings. The van der Waals surface area contributed by atoms with Gasteiger partial charge in [-0.1, -0.05) is 28.1 Å². The van der Waals surface area contributed by atoms with Gasteiger partial charge in [0.25, 0.3) is 0 Å². The van der Waals surface area contributed by atoms with Crippen molar-refractivity contribution in [1.82, 2.24) is 5.43 Å². The topological polar surface area (TPSA) is 70.9 Å². The van der Waals surface area contributed by atoms with Crippen LogP contribution in [-0.2, 0) is 11.2 Å². The molecule has 1 amide bonds. The van der Waals surface area contributed by atoms with E-state index >= 15 is 0 Å². The van der Waals surface area contributed by atoms with Gasteiger partial charge in [0.1, 0.15) is 11.5 Å². The highest BCUT2D eigenvalue weighted by Gasteiger charge is 2.06. The van der Waals surface area contributed by atoms with Crippen molar-refractivity contribution in [2.45, 2.75) is 6.42 Å². The fourth-order valence-corrected chi connectivity index (χ4v) is 3.42. The molecule has 0 aliphatic heterocycles. The van der Waals surface area contributed by atoms with E-state index in [-0.39, 0.29) is 18.1 Å². The molecule has 0 aliphatic rings. The van der Waals surface area contributed by atoms with E-state index in [9.17, 15) is 9.90 Å². The van der Waals surface area contributed by atoms with E-state index in [0.29, 0.717) is 14.9 Å². The average Bonchev–Trinajstić information content (AvgIpc) is 2.52. The van der Waals surface area contributed by atoms with Crippen LogP contribution in [0.1, 0.15) is 11.1 Å². The maximum atomic E-state index is 11.9. The lowest BCUT2D eigenvalue weighted by atomic mass is 10.1. The minimum Gasteiger partial charge on any atom is -0.506 e. The van der Waals surface area contributed by atoms with Crippen LogP contribution in [0.5, 0.6) is 11.5 Å². The third-order valence-electron chi connectivity index (χ3n) is 2.95. The summed E-state index contributed by atoms with van der Waals surface area (Å²) in [5.74, 6) is 0.575. The fourth-order valence-electron chi connectivity index (χ4n) is 1.87. The SMILES string of the molecule is COc1cccc(CC(=O)N/N=C/c2cc(Br)cc(I)c2O)c1. The van der Waals surface area contributed by atoms with Gasteiger partial charge in [0.05, 0.1) is 23.3 Å². The fraction of sp³-hybridized carbons (Fsp3) is 0.125. The Balaban J connectivity index is 1.99. The van der Waals surface area contributed by atoms with Crippen LogP contribution in [0.2, 0.25) is 0 Å². The van der Waals surface area contributed by atoms with Crippen LogP contribution in [0.15, 0.2) is 46.0 Å². The predicted molar refractivity (Wildman–Crippen MR) is 101 cm³/mol. The van der Waals surface area contributed by atoms with Crippen LogP contribution in [0.4, 0.5) is 0 Å². The Hall–Kier alpha value is -1.61. The molecule has 2 N–H and O–H groups in total. The Kier molecular flexibility index (Phi) is 6.40. The first-order chi connectivity index (χ1) is 11.0. The van der Waals surface area contributed by atoms with Crippen LogP contribution in [0, 0.1) is 3.57 Å². The molecule has 0 saturated carbocycles. The van der Waals surface area contributed by atoms with Crippen LogP contribution >= 0.6 is 38.5 Å². The van der Waals surface area contributed by atoms with Crippen LogP contribution in [-0.4, -0.2) is 24.3 Å². The van der Waals surface area contributed by atoms with Crippen molar-refractivity contribution in [2.75, 3.05) is 7.11 Å². The van der Waals surface area contributed by atoms with E-state index in [0.717, 1.165) is 10.0 Å². The summed E-state index contributed by atoms with van der Waals surface area (Å²) in [6, 6.07) is 10.8. The van der Waals surface area contributed by atoms with Gasteiger partial charge in [0.15, 0.2) is 0 Å². The second-order valence-electron chi connectivity index (χ2n) is 4.65. The summed E-state index contributed by atoms with van der Waals surface area (Å²) >= 11 is 5.37. The predicted octanol–water partition coefficient (Wildman–Crippen LogP) is 3.46. The number of phenolic OH excluding ortho intramolecular Hbond substituents is 1. The zero-order valence-corrected chi connectivity index (χ0v) is 16.0. The molecule has 0 fully saturated rings. The summed E-state index contributed by atoms with van der Waals surface area (Å²) in [4.78, 5) is 11.9. The number of phenols is 1. The molecular weight excluding hydrogens is 475 g/mol. The van der Waals surface area contributed by atoms with E-state index < -0.39 is 0 Å². The third kappa shape index (κ3) is 5.21. The van der Waals surface area contributed by atoms with Gasteiger partial charge in [-0.3, -0.25) is 4.79 Å². The summed E-state index contributed by atoms with van der Waals surface area (Å²) in [6.07, 6.45) is 1.60. The number of carbonyl (C=O) groups excluding carboxylic acids is 1. The number of hydrogen-bond acceptors (Lipinski definition) is 4. The number of halogens is 2. The van der Waals surface area contributed by atoms with Crippen molar-refractivity contribution < 1.29 is 14.6 Å². The molecule has 7 heteroatoms. The quantitative estimate of drug-likeness (QED) is 0.384. The van der Waals surface area contributed by atoms with Gasteiger partial charge in [0, 0.05) is 10.0 Å². The van der Waals surface area contributed by atoms with Crippen molar-refractivity contribution in [2.24, 2.45) is 5.10 Å². The lowest BCUT2D eigenvalue weighted by Gasteiger charge is -2.04. The minimum atomic E-state index is -0.251. The molecule has 0 heterocycles.